The van der Waals surface area contributed by atoms with Gasteiger partial charge in [0.25, 0.3) is 0 Å². The van der Waals surface area contributed by atoms with Crippen LogP contribution in [0.2, 0.25) is 0 Å². The van der Waals surface area contributed by atoms with Crippen molar-refractivity contribution in [2.75, 3.05) is 0 Å². The van der Waals surface area contributed by atoms with Gasteiger partial charge in [0.2, 0.25) is 0 Å². The van der Waals surface area contributed by atoms with Crippen LogP contribution in [0.5, 0.6) is 0 Å². The Morgan fingerprint density at radius 3 is 2.40 bits per heavy atom. The lowest BCUT2D eigenvalue weighted by Gasteiger charge is -2.20. The number of rotatable bonds is 3. The molecular formula is C18H20N2. The zero-order valence-electron chi connectivity index (χ0n) is 12.5. The van der Waals surface area contributed by atoms with Crippen molar-refractivity contribution in [2.24, 2.45) is 0 Å². The summed E-state index contributed by atoms with van der Waals surface area (Å²) in [6.07, 6.45) is 1.71. The van der Waals surface area contributed by atoms with E-state index >= 15 is 0 Å². The summed E-state index contributed by atoms with van der Waals surface area (Å²) in [7, 11) is 0. The molecule has 0 N–H and O–H groups in total. The van der Waals surface area contributed by atoms with Crippen LogP contribution >= 0.6 is 0 Å². The summed E-state index contributed by atoms with van der Waals surface area (Å²) in [5.41, 5.74) is 5.51. The van der Waals surface area contributed by atoms with E-state index in [2.05, 4.69) is 56.9 Å². The smallest absolute Gasteiger partial charge is 0.141 e. The molecule has 0 aliphatic carbocycles. The van der Waals surface area contributed by atoms with E-state index in [4.69, 9.17) is 5.26 Å². The highest BCUT2D eigenvalue weighted by Gasteiger charge is 2.15. The average Bonchev–Trinajstić information content (AvgIpc) is 2.46. The third-order valence-electron chi connectivity index (χ3n) is 3.52. The second-order valence-electron chi connectivity index (χ2n) is 5.66. The molecule has 2 rings (SSSR count). The van der Waals surface area contributed by atoms with Crippen molar-refractivity contribution in [3.8, 4) is 17.2 Å². The van der Waals surface area contributed by atoms with Crippen molar-refractivity contribution < 1.29 is 0 Å². The molecule has 0 aliphatic heterocycles. The zero-order chi connectivity index (χ0) is 14.7. The first-order chi connectivity index (χ1) is 9.54. The molecule has 1 heterocycles. The molecule has 2 nitrogen and oxygen atoms in total. The van der Waals surface area contributed by atoms with Gasteiger partial charge in [-0.2, -0.15) is 5.26 Å². The number of nitrogens with zero attached hydrogens (tertiary/aromatic N) is 2. The van der Waals surface area contributed by atoms with Crippen molar-refractivity contribution >= 4 is 0 Å². The van der Waals surface area contributed by atoms with Gasteiger partial charge >= 0.3 is 0 Å². The lowest BCUT2D eigenvalue weighted by Crippen LogP contribution is -2.01. The summed E-state index contributed by atoms with van der Waals surface area (Å²) in [6.45, 7) is 8.88. The first kappa shape index (κ1) is 14.3. The predicted octanol–water partition coefficient (Wildman–Crippen LogP) is 4.87. The largest absolute Gasteiger partial charge is 0.246 e. The van der Waals surface area contributed by atoms with Gasteiger partial charge in [0.15, 0.2) is 0 Å². The fourth-order valence-corrected chi connectivity index (χ4v) is 2.64. The number of hydrogen-bond donors (Lipinski definition) is 0. The van der Waals surface area contributed by atoms with Crippen molar-refractivity contribution in [2.45, 2.75) is 39.5 Å². The van der Waals surface area contributed by atoms with Crippen LogP contribution in [0, 0.1) is 11.3 Å². The first-order valence-corrected chi connectivity index (χ1v) is 7.04. The molecule has 0 saturated heterocycles. The van der Waals surface area contributed by atoms with E-state index in [1.807, 2.05) is 12.1 Å². The Kier molecular flexibility index (Phi) is 4.20. The molecule has 0 aliphatic rings. The Bertz CT molecular complexity index is 649. The molecule has 2 heteroatoms. The third-order valence-corrected chi connectivity index (χ3v) is 3.52. The SMILES string of the molecule is CC(C)c1cccc(-c2ccnc(C#N)c2)c1C(C)C. The van der Waals surface area contributed by atoms with Gasteiger partial charge in [-0.25, -0.2) is 4.98 Å². The van der Waals surface area contributed by atoms with Crippen LogP contribution in [0.3, 0.4) is 0 Å². The van der Waals surface area contributed by atoms with E-state index in [0.717, 1.165) is 5.56 Å². The van der Waals surface area contributed by atoms with Gasteiger partial charge in [0.1, 0.15) is 11.8 Å². The van der Waals surface area contributed by atoms with Crippen LogP contribution in [0.1, 0.15) is 56.4 Å². The summed E-state index contributed by atoms with van der Waals surface area (Å²) in [5, 5.41) is 9.02. The van der Waals surface area contributed by atoms with Crippen molar-refractivity contribution in [3.05, 3.63) is 53.3 Å². The first-order valence-electron chi connectivity index (χ1n) is 7.04. The third kappa shape index (κ3) is 2.72. The van der Waals surface area contributed by atoms with Crippen LogP contribution in [0.25, 0.3) is 11.1 Å². The normalized spacial score (nSPS) is 10.8. The summed E-state index contributed by atoms with van der Waals surface area (Å²) >= 11 is 0. The van der Waals surface area contributed by atoms with E-state index in [-0.39, 0.29) is 0 Å². The number of benzene rings is 1. The molecule has 0 fully saturated rings. The fraction of sp³-hybridized carbons (Fsp3) is 0.333. The van der Waals surface area contributed by atoms with Crippen molar-refractivity contribution in [1.82, 2.24) is 4.98 Å². The van der Waals surface area contributed by atoms with Gasteiger partial charge in [0.05, 0.1) is 0 Å². The Hall–Kier alpha value is -2.14. The molecule has 0 radical (unpaired) electrons. The van der Waals surface area contributed by atoms with Crippen LogP contribution < -0.4 is 0 Å². The van der Waals surface area contributed by atoms with Crippen LogP contribution in [-0.4, -0.2) is 4.98 Å². The van der Waals surface area contributed by atoms with E-state index in [1.54, 1.807) is 6.20 Å². The molecule has 1 aromatic carbocycles. The monoisotopic (exact) mass is 264 g/mol. The van der Waals surface area contributed by atoms with Gasteiger partial charge in [-0.05, 0) is 46.2 Å². The van der Waals surface area contributed by atoms with Crippen molar-refractivity contribution in [3.63, 3.8) is 0 Å². The Morgan fingerprint density at radius 2 is 1.80 bits per heavy atom. The molecule has 0 amide bonds. The summed E-state index contributed by atoms with van der Waals surface area (Å²) in [6, 6.07) is 12.4. The maximum absolute atomic E-state index is 9.02. The molecule has 0 spiro atoms. The van der Waals surface area contributed by atoms with Gasteiger partial charge in [-0.1, -0.05) is 45.9 Å². The second kappa shape index (κ2) is 5.88. The van der Waals surface area contributed by atoms with Crippen molar-refractivity contribution in [1.29, 1.82) is 5.26 Å². The standard InChI is InChI=1S/C18H20N2/c1-12(2)16-6-5-7-17(18(16)13(3)4)14-8-9-20-15(10-14)11-19/h5-10,12-13H,1-4H3. The topological polar surface area (TPSA) is 36.7 Å². The van der Waals surface area contributed by atoms with Crippen LogP contribution in [-0.2, 0) is 0 Å². The Balaban J connectivity index is 2.67. The molecule has 102 valence electrons. The molecule has 0 saturated carbocycles. The van der Waals surface area contributed by atoms with Gasteiger partial charge in [0, 0.05) is 6.20 Å². The summed E-state index contributed by atoms with van der Waals surface area (Å²) in [4.78, 5) is 4.05. The number of pyridine rings is 1. The quantitative estimate of drug-likeness (QED) is 0.793. The minimum Gasteiger partial charge on any atom is -0.246 e. The van der Waals surface area contributed by atoms with E-state index in [0.29, 0.717) is 17.5 Å². The predicted molar refractivity (Wildman–Crippen MR) is 82.6 cm³/mol. The minimum absolute atomic E-state index is 0.447. The number of aromatic nitrogens is 1. The zero-order valence-corrected chi connectivity index (χ0v) is 12.5. The highest BCUT2D eigenvalue weighted by atomic mass is 14.7. The summed E-state index contributed by atoms with van der Waals surface area (Å²) in [5.74, 6) is 0.937. The van der Waals surface area contributed by atoms with E-state index in [1.165, 1.54) is 16.7 Å². The fourth-order valence-electron chi connectivity index (χ4n) is 2.64. The minimum atomic E-state index is 0.447. The number of hydrogen-bond acceptors (Lipinski definition) is 2. The lowest BCUT2D eigenvalue weighted by molar-refractivity contribution is 0.792. The van der Waals surface area contributed by atoms with Crippen LogP contribution in [0.15, 0.2) is 36.5 Å². The van der Waals surface area contributed by atoms with Crippen LogP contribution in [0.4, 0.5) is 0 Å². The summed E-state index contributed by atoms with van der Waals surface area (Å²) < 4.78 is 0. The molecule has 0 bridgehead atoms. The van der Waals surface area contributed by atoms with Gasteiger partial charge in [-0.3, -0.25) is 0 Å². The maximum atomic E-state index is 9.02. The highest BCUT2D eigenvalue weighted by Crippen LogP contribution is 2.35. The Labute approximate surface area is 121 Å². The lowest BCUT2D eigenvalue weighted by atomic mass is 9.85. The molecule has 20 heavy (non-hydrogen) atoms. The molecule has 2 aromatic rings. The molecule has 1 aromatic heterocycles. The number of nitriles is 1. The maximum Gasteiger partial charge on any atom is 0.141 e. The second-order valence-corrected chi connectivity index (χ2v) is 5.66. The average molecular weight is 264 g/mol. The Morgan fingerprint density at radius 1 is 1.05 bits per heavy atom. The molecule has 0 unspecified atom stereocenters. The molecular weight excluding hydrogens is 244 g/mol. The highest BCUT2D eigenvalue weighted by molar-refractivity contribution is 5.70. The van der Waals surface area contributed by atoms with Gasteiger partial charge in [-0.15, -0.1) is 0 Å². The van der Waals surface area contributed by atoms with E-state index < -0.39 is 0 Å². The van der Waals surface area contributed by atoms with E-state index in [9.17, 15) is 0 Å². The van der Waals surface area contributed by atoms with Gasteiger partial charge < -0.3 is 0 Å². The molecule has 0 atom stereocenters.